The lowest BCUT2D eigenvalue weighted by atomic mass is 9.83. The topological polar surface area (TPSA) is 43.8 Å². The highest BCUT2D eigenvalue weighted by Crippen LogP contribution is 2.34. The summed E-state index contributed by atoms with van der Waals surface area (Å²) in [5.41, 5.74) is 4.69. The Hall–Kier alpha value is -3.11. The van der Waals surface area contributed by atoms with Gasteiger partial charge in [-0.15, -0.1) is 0 Å². The first-order valence-electron chi connectivity index (χ1n) is 11.7. The van der Waals surface area contributed by atoms with Gasteiger partial charge in [-0.05, 0) is 27.7 Å². The maximum absolute atomic E-state index is 12.6. The molecule has 0 unspecified atom stereocenters. The van der Waals surface area contributed by atoms with Crippen molar-refractivity contribution in [2.75, 3.05) is 13.1 Å². The molecule has 0 spiro atoms. The summed E-state index contributed by atoms with van der Waals surface area (Å²) in [4.78, 5) is 16.7. The zero-order valence-corrected chi connectivity index (χ0v) is 19.8. The molecule has 1 amide bonds. The van der Waals surface area contributed by atoms with Crippen LogP contribution in [0.1, 0.15) is 48.9 Å². The van der Waals surface area contributed by atoms with Gasteiger partial charge in [-0.25, -0.2) is 4.79 Å². The highest BCUT2D eigenvalue weighted by Gasteiger charge is 2.40. The molecule has 0 aromatic heterocycles. The maximum Gasteiger partial charge on any atom is 0.407 e. The van der Waals surface area contributed by atoms with Crippen LogP contribution in [0.2, 0.25) is 0 Å². The molecule has 4 heteroatoms. The smallest absolute Gasteiger partial charge is 0.407 e. The molecule has 4 rings (SSSR count). The molecular formula is C29H34N2O2. The molecule has 0 radical (unpaired) electrons. The number of hydrogen-bond donors (Lipinski definition) is 1. The van der Waals surface area contributed by atoms with E-state index in [0.29, 0.717) is 6.54 Å². The molecule has 1 aliphatic rings. The van der Waals surface area contributed by atoms with Gasteiger partial charge in [0.2, 0.25) is 0 Å². The molecule has 1 N–H and O–H groups in total. The minimum Gasteiger partial charge on any atom is -0.465 e. The Labute approximate surface area is 197 Å². The Morgan fingerprint density at radius 3 is 2.15 bits per heavy atom. The number of benzene rings is 3. The molecule has 0 aliphatic carbocycles. The second kappa shape index (κ2) is 9.80. The lowest BCUT2D eigenvalue weighted by Gasteiger charge is -2.32. The van der Waals surface area contributed by atoms with Crippen molar-refractivity contribution >= 4 is 6.09 Å². The SMILES string of the molecule is CC(C)(C)c1ccccc1CN(C(=O)O)[C@H]1CN(Cc2ccccc2)C[C@H]1c1ccccc1. The predicted octanol–water partition coefficient (Wildman–Crippen LogP) is 6.13. The van der Waals surface area contributed by atoms with Gasteiger partial charge in [-0.1, -0.05) is 106 Å². The van der Waals surface area contributed by atoms with E-state index in [0.717, 1.165) is 25.2 Å². The second-order valence-electron chi connectivity index (χ2n) is 10.1. The van der Waals surface area contributed by atoms with Crippen LogP contribution in [0.25, 0.3) is 0 Å². The summed E-state index contributed by atoms with van der Waals surface area (Å²) < 4.78 is 0. The van der Waals surface area contributed by atoms with E-state index in [-0.39, 0.29) is 17.4 Å². The highest BCUT2D eigenvalue weighted by atomic mass is 16.4. The highest BCUT2D eigenvalue weighted by molar-refractivity contribution is 5.66. The Bertz CT molecular complexity index is 1060. The van der Waals surface area contributed by atoms with Gasteiger partial charge in [0.1, 0.15) is 0 Å². The molecule has 3 aromatic rings. The number of nitrogens with zero attached hydrogens (tertiary/aromatic N) is 2. The molecule has 4 nitrogen and oxygen atoms in total. The third-order valence-electron chi connectivity index (χ3n) is 6.65. The Kier molecular flexibility index (Phi) is 6.85. The molecule has 2 atom stereocenters. The number of carbonyl (C=O) groups is 1. The molecule has 33 heavy (non-hydrogen) atoms. The van der Waals surface area contributed by atoms with Crippen LogP contribution in [0.4, 0.5) is 4.79 Å². The van der Waals surface area contributed by atoms with Crippen LogP contribution < -0.4 is 0 Å². The van der Waals surface area contributed by atoms with Crippen molar-refractivity contribution in [2.45, 2.75) is 51.2 Å². The van der Waals surface area contributed by atoms with Crippen LogP contribution in [0.15, 0.2) is 84.9 Å². The van der Waals surface area contributed by atoms with Gasteiger partial charge >= 0.3 is 6.09 Å². The van der Waals surface area contributed by atoms with Crippen molar-refractivity contribution in [1.82, 2.24) is 9.80 Å². The molecule has 1 saturated heterocycles. The van der Waals surface area contributed by atoms with Gasteiger partial charge < -0.3 is 5.11 Å². The third-order valence-corrected chi connectivity index (χ3v) is 6.65. The normalized spacial score (nSPS) is 18.9. The van der Waals surface area contributed by atoms with E-state index < -0.39 is 6.09 Å². The van der Waals surface area contributed by atoms with Gasteiger partial charge in [-0.2, -0.15) is 0 Å². The standard InChI is InChI=1S/C29H34N2O2/c1-29(2,3)26-17-11-10-16-24(26)19-31(28(32)33)27-21-30(18-22-12-6-4-7-13-22)20-25(27)23-14-8-5-9-15-23/h4-17,25,27H,18-21H2,1-3H3,(H,32,33)/t25-,27-/m0/s1. The van der Waals surface area contributed by atoms with E-state index in [2.05, 4.69) is 74.2 Å². The fourth-order valence-corrected chi connectivity index (χ4v) is 5.08. The van der Waals surface area contributed by atoms with Crippen molar-refractivity contribution in [3.05, 3.63) is 107 Å². The van der Waals surface area contributed by atoms with Crippen molar-refractivity contribution in [3.8, 4) is 0 Å². The van der Waals surface area contributed by atoms with E-state index in [1.165, 1.54) is 16.7 Å². The number of hydrogen-bond acceptors (Lipinski definition) is 2. The van der Waals surface area contributed by atoms with Crippen LogP contribution in [-0.4, -0.2) is 40.1 Å². The number of carboxylic acid groups (broad SMARTS) is 1. The summed E-state index contributed by atoms with van der Waals surface area (Å²) in [5.74, 6) is 0.132. The predicted molar refractivity (Wildman–Crippen MR) is 133 cm³/mol. The third kappa shape index (κ3) is 5.45. The number of likely N-dealkylation sites (tertiary alicyclic amines) is 1. The monoisotopic (exact) mass is 442 g/mol. The summed E-state index contributed by atoms with van der Waals surface area (Å²) in [6, 6.07) is 28.9. The first-order chi connectivity index (χ1) is 15.8. The zero-order valence-electron chi connectivity index (χ0n) is 19.8. The van der Waals surface area contributed by atoms with Crippen molar-refractivity contribution in [2.24, 2.45) is 0 Å². The fraction of sp³-hybridized carbons (Fsp3) is 0.345. The van der Waals surface area contributed by atoms with Crippen molar-refractivity contribution < 1.29 is 9.90 Å². The summed E-state index contributed by atoms with van der Waals surface area (Å²) in [6.07, 6.45) is -0.855. The van der Waals surface area contributed by atoms with Crippen LogP contribution in [0, 0.1) is 0 Å². The van der Waals surface area contributed by atoms with Crippen LogP contribution >= 0.6 is 0 Å². The summed E-state index contributed by atoms with van der Waals surface area (Å²) >= 11 is 0. The first kappa shape index (κ1) is 23.1. The molecular weight excluding hydrogens is 408 g/mol. The largest absolute Gasteiger partial charge is 0.465 e. The van der Waals surface area contributed by atoms with Crippen LogP contribution in [0.3, 0.4) is 0 Å². The molecule has 1 aliphatic heterocycles. The summed E-state index contributed by atoms with van der Waals surface area (Å²) in [5, 5.41) is 10.3. The Balaban J connectivity index is 1.65. The van der Waals surface area contributed by atoms with Gasteiger partial charge in [0.05, 0.1) is 6.04 Å². The van der Waals surface area contributed by atoms with Gasteiger partial charge in [0.25, 0.3) is 0 Å². The number of rotatable bonds is 6. The zero-order chi connectivity index (χ0) is 23.4. The fourth-order valence-electron chi connectivity index (χ4n) is 5.08. The van der Waals surface area contributed by atoms with E-state index in [9.17, 15) is 9.90 Å². The second-order valence-corrected chi connectivity index (χ2v) is 10.1. The minimum absolute atomic E-state index is 0.0470. The molecule has 0 bridgehead atoms. The van der Waals surface area contributed by atoms with E-state index >= 15 is 0 Å². The van der Waals surface area contributed by atoms with E-state index in [1.54, 1.807) is 4.90 Å². The first-order valence-corrected chi connectivity index (χ1v) is 11.7. The van der Waals surface area contributed by atoms with E-state index in [4.69, 9.17) is 0 Å². The van der Waals surface area contributed by atoms with Gasteiger partial charge in [0.15, 0.2) is 0 Å². The molecule has 3 aromatic carbocycles. The summed E-state index contributed by atoms with van der Waals surface area (Å²) in [6.45, 7) is 9.33. The Morgan fingerprint density at radius 1 is 0.909 bits per heavy atom. The van der Waals surface area contributed by atoms with Gasteiger partial charge in [0, 0.05) is 32.1 Å². The van der Waals surface area contributed by atoms with Crippen LogP contribution in [-0.2, 0) is 18.5 Å². The summed E-state index contributed by atoms with van der Waals surface area (Å²) in [7, 11) is 0. The van der Waals surface area contributed by atoms with Crippen molar-refractivity contribution in [1.29, 1.82) is 0 Å². The van der Waals surface area contributed by atoms with Gasteiger partial charge in [-0.3, -0.25) is 9.80 Å². The lowest BCUT2D eigenvalue weighted by molar-refractivity contribution is 0.116. The minimum atomic E-state index is -0.855. The Morgan fingerprint density at radius 2 is 1.52 bits per heavy atom. The molecule has 1 heterocycles. The van der Waals surface area contributed by atoms with Crippen molar-refractivity contribution in [3.63, 3.8) is 0 Å². The molecule has 1 fully saturated rings. The average Bonchev–Trinajstić information content (AvgIpc) is 3.21. The van der Waals surface area contributed by atoms with Crippen LogP contribution in [0.5, 0.6) is 0 Å². The molecule has 172 valence electrons. The van der Waals surface area contributed by atoms with E-state index in [1.807, 2.05) is 36.4 Å². The maximum atomic E-state index is 12.6. The lowest BCUT2D eigenvalue weighted by Crippen LogP contribution is -2.43. The number of amides is 1. The average molecular weight is 443 g/mol. The quantitative estimate of drug-likeness (QED) is 0.499. The molecule has 0 saturated carbocycles.